The van der Waals surface area contributed by atoms with Gasteiger partial charge >= 0.3 is 0 Å². The van der Waals surface area contributed by atoms with Gasteiger partial charge in [0.2, 0.25) is 11.9 Å². The second kappa shape index (κ2) is 8.75. The molecule has 1 saturated heterocycles. The van der Waals surface area contributed by atoms with Crippen molar-refractivity contribution >= 4 is 24.0 Å². The minimum Gasteiger partial charge on any atom is -0.323 e. The molecule has 1 atom stereocenters. The Labute approximate surface area is 147 Å². The lowest BCUT2D eigenvalue weighted by Crippen LogP contribution is -2.32. The molecule has 2 aromatic rings. The predicted molar refractivity (Wildman–Crippen MR) is 94.4 cm³/mol. The summed E-state index contributed by atoms with van der Waals surface area (Å²) in [6, 6.07) is 1.75. The molecular formula is C16H23ClN6O. The van der Waals surface area contributed by atoms with E-state index in [-0.39, 0.29) is 18.3 Å². The van der Waals surface area contributed by atoms with Crippen molar-refractivity contribution in [3.8, 4) is 5.95 Å². The molecule has 1 aliphatic heterocycles. The van der Waals surface area contributed by atoms with Gasteiger partial charge in [0.1, 0.15) is 0 Å². The Bertz CT molecular complexity index is 641. The minimum absolute atomic E-state index is 0. The summed E-state index contributed by atoms with van der Waals surface area (Å²) < 4.78 is 1.55. The zero-order valence-corrected chi connectivity index (χ0v) is 14.5. The van der Waals surface area contributed by atoms with Gasteiger partial charge in [0.05, 0.1) is 18.1 Å². The van der Waals surface area contributed by atoms with E-state index in [0.29, 0.717) is 29.9 Å². The SMILES string of the molecule is CC(CC(=O)Nc1cnn(-c2ncccn2)c1)C1CCNCC1.Cl. The maximum absolute atomic E-state index is 12.2. The highest BCUT2D eigenvalue weighted by molar-refractivity contribution is 5.90. The number of halogens is 1. The highest BCUT2D eigenvalue weighted by Crippen LogP contribution is 2.24. The third-order valence-corrected chi connectivity index (χ3v) is 4.32. The number of carbonyl (C=O) groups excluding carboxylic acids is 1. The molecule has 130 valence electrons. The standard InChI is InChI=1S/C16H22N6O.ClH/c1-12(13-3-7-17-8-4-13)9-15(23)21-14-10-20-22(11-14)16-18-5-2-6-19-16;/h2,5-6,10-13,17H,3-4,7-9H2,1H3,(H,21,23);1H. The molecule has 8 heteroatoms. The van der Waals surface area contributed by atoms with E-state index < -0.39 is 0 Å². The van der Waals surface area contributed by atoms with Crippen LogP contribution in [-0.4, -0.2) is 38.7 Å². The largest absolute Gasteiger partial charge is 0.323 e. The van der Waals surface area contributed by atoms with Crippen molar-refractivity contribution in [3.05, 3.63) is 30.9 Å². The summed E-state index contributed by atoms with van der Waals surface area (Å²) >= 11 is 0. The Morgan fingerprint density at radius 1 is 1.38 bits per heavy atom. The first-order valence-electron chi connectivity index (χ1n) is 8.05. The number of amides is 1. The Kier molecular flexibility index (Phi) is 6.69. The summed E-state index contributed by atoms with van der Waals surface area (Å²) in [5.74, 6) is 1.53. The van der Waals surface area contributed by atoms with Crippen molar-refractivity contribution in [1.82, 2.24) is 25.1 Å². The quantitative estimate of drug-likeness (QED) is 0.862. The van der Waals surface area contributed by atoms with Gasteiger partial charge in [-0.2, -0.15) is 5.10 Å². The molecule has 0 bridgehead atoms. The monoisotopic (exact) mass is 350 g/mol. The smallest absolute Gasteiger partial charge is 0.250 e. The zero-order valence-electron chi connectivity index (χ0n) is 13.7. The molecule has 1 amide bonds. The zero-order chi connectivity index (χ0) is 16.1. The van der Waals surface area contributed by atoms with Gasteiger partial charge in [0.25, 0.3) is 0 Å². The molecule has 2 aromatic heterocycles. The summed E-state index contributed by atoms with van der Waals surface area (Å²) in [7, 11) is 0. The Morgan fingerprint density at radius 2 is 2.08 bits per heavy atom. The number of anilines is 1. The predicted octanol–water partition coefficient (Wildman–Crippen LogP) is 2.05. The second-order valence-electron chi connectivity index (χ2n) is 6.04. The average molecular weight is 351 g/mol. The number of hydrogen-bond donors (Lipinski definition) is 2. The van der Waals surface area contributed by atoms with Crippen molar-refractivity contribution in [2.24, 2.45) is 11.8 Å². The van der Waals surface area contributed by atoms with Crippen LogP contribution in [0.4, 0.5) is 5.69 Å². The average Bonchev–Trinajstić information content (AvgIpc) is 3.04. The third kappa shape index (κ3) is 4.75. The fourth-order valence-corrected chi connectivity index (χ4v) is 2.99. The summed E-state index contributed by atoms with van der Waals surface area (Å²) in [5, 5.41) is 10.4. The van der Waals surface area contributed by atoms with Crippen LogP contribution in [0.15, 0.2) is 30.9 Å². The van der Waals surface area contributed by atoms with Gasteiger partial charge in [-0.15, -0.1) is 12.4 Å². The van der Waals surface area contributed by atoms with Crippen LogP contribution in [0.1, 0.15) is 26.2 Å². The number of carbonyl (C=O) groups is 1. The van der Waals surface area contributed by atoms with Crippen LogP contribution < -0.4 is 10.6 Å². The highest BCUT2D eigenvalue weighted by atomic mass is 35.5. The molecule has 0 aromatic carbocycles. The number of hydrogen-bond acceptors (Lipinski definition) is 5. The highest BCUT2D eigenvalue weighted by Gasteiger charge is 2.22. The molecule has 0 aliphatic carbocycles. The van der Waals surface area contributed by atoms with Gasteiger partial charge in [-0.3, -0.25) is 4.79 Å². The van der Waals surface area contributed by atoms with Crippen LogP contribution in [0.3, 0.4) is 0 Å². The number of aromatic nitrogens is 4. The van der Waals surface area contributed by atoms with Crippen molar-refractivity contribution in [2.45, 2.75) is 26.2 Å². The topological polar surface area (TPSA) is 84.7 Å². The summed E-state index contributed by atoms with van der Waals surface area (Å²) in [4.78, 5) is 20.5. The molecule has 1 aliphatic rings. The maximum Gasteiger partial charge on any atom is 0.250 e. The van der Waals surface area contributed by atoms with Gasteiger partial charge in [-0.1, -0.05) is 6.92 Å². The van der Waals surface area contributed by atoms with E-state index in [4.69, 9.17) is 0 Å². The van der Waals surface area contributed by atoms with Gasteiger partial charge < -0.3 is 10.6 Å². The number of rotatable bonds is 5. The minimum atomic E-state index is 0. The molecule has 3 heterocycles. The molecule has 1 unspecified atom stereocenters. The number of nitrogens with zero attached hydrogens (tertiary/aromatic N) is 4. The Morgan fingerprint density at radius 3 is 2.79 bits per heavy atom. The fraction of sp³-hybridized carbons (Fsp3) is 0.500. The first-order chi connectivity index (χ1) is 11.2. The lowest BCUT2D eigenvalue weighted by molar-refractivity contribution is -0.117. The van der Waals surface area contributed by atoms with Crippen molar-refractivity contribution in [3.63, 3.8) is 0 Å². The normalized spacial score (nSPS) is 16.2. The lowest BCUT2D eigenvalue weighted by atomic mass is 9.84. The van der Waals surface area contributed by atoms with E-state index in [1.807, 2.05) is 0 Å². The molecule has 24 heavy (non-hydrogen) atoms. The van der Waals surface area contributed by atoms with Crippen molar-refractivity contribution < 1.29 is 4.79 Å². The molecule has 1 fully saturated rings. The Hall–Kier alpha value is -1.99. The van der Waals surface area contributed by atoms with Gasteiger partial charge in [0, 0.05) is 18.8 Å². The van der Waals surface area contributed by atoms with E-state index in [9.17, 15) is 4.79 Å². The van der Waals surface area contributed by atoms with E-state index in [1.54, 1.807) is 35.5 Å². The van der Waals surface area contributed by atoms with Crippen LogP contribution >= 0.6 is 12.4 Å². The fourth-order valence-electron chi connectivity index (χ4n) is 2.99. The first-order valence-corrected chi connectivity index (χ1v) is 8.05. The summed E-state index contributed by atoms with van der Waals surface area (Å²) in [5.41, 5.74) is 0.667. The van der Waals surface area contributed by atoms with Crippen LogP contribution in [-0.2, 0) is 4.79 Å². The van der Waals surface area contributed by atoms with Crippen LogP contribution in [0.2, 0.25) is 0 Å². The molecule has 0 saturated carbocycles. The molecule has 7 nitrogen and oxygen atoms in total. The second-order valence-corrected chi connectivity index (χ2v) is 6.04. The van der Waals surface area contributed by atoms with Gasteiger partial charge in [0.15, 0.2) is 0 Å². The Balaban J connectivity index is 0.00000208. The lowest BCUT2D eigenvalue weighted by Gasteiger charge is -2.27. The molecule has 3 rings (SSSR count). The van der Waals surface area contributed by atoms with Crippen LogP contribution in [0.5, 0.6) is 0 Å². The van der Waals surface area contributed by atoms with E-state index >= 15 is 0 Å². The van der Waals surface area contributed by atoms with Crippen molar-refractivity contribution in [2.75, 3.05) is 18.4 Å². The van der Waals surface area contributed by atoms with Crippen molar-refractivity contribution in [1.29, 1.82) is 0 Å². The molecule has 2 N–H and O–H groups in total. The molecule has 0 radical (unpaired) electrons. The van der Waals surface area contributed by atoms with Crippen LogP contribution in [0, 0.1) is 11.8 Å². The number of nitrogens with one attached hydrogen (secondary N) is 2. The summed E-state index contributed by atoms with van der Waals surface area (Å²) in [6.07, 6.45) is 9.49. The van der Waals surface area contributed by atoms with Gasteiger partial charge in [-0.25, -0.2) is 14.6 Å². The number of piperidine rings is 1. The van der Waals surface area contributed by atoms with E-state index in [2.05, 4.69) is 32.6 Å². The molecule has 0 spiro atoms. The molecular weight excluding hydrogens is 328 g/mol. The third-order valence-electron chi connectivity index (χ3n) is 4.32. The van der Waals surface area contributed by atoms with E-state index in [0.717, 1.165) is 25.9 Å². The van der Waals surface area contributed by atoms with Gasteiger partial charge in [-0.05, 0) is 43.8 Å². The summed E-state index contributed by atoms with van der Waals surface area (Å²) in [6.45, 7) is 4.28. The van der Waals surface area contributed by atoms with E-state index in [1.165, 1.54) is 0 Å². The first kappa shape index (κ1) is 18.4. The maximum atomic E-state index is 12.2. The van der Waals surface area contributed by atoms with Crippen LogP contribution in [0.25, 0.3) is 5.95 Å².